The van der Waals surface area contributed by atoms with Crippen molar-refractivity contribution in [3.8, 4) is 0 Å². The molecule has 0 fully saturated rings. The lowest BCUT2D eigenvalue weighted by Gasteiger charge is -2.17. The maximum absolute atomic E-state index is 12.6. The molecular weight excluding hydrogens is 309 g/mol. The predicted octanol–water partition coefficient (Wildman–Crippen LogP) is 2.92. The van der Waals surface area contributed by atoms with E-state index in [0.717, 1.165) is 12.1 Å². The third-order valence-corrected chi connectivity index (χ3v) is 2.46. The molecule has 0 spiro atoms. The Bertz CT molecular complexity index is 528. The number of carbonyl (C=O) groups is 1. The molecule has 0 saturated heterocycles. The molecule has 0 unspecified atom stereocenters. The van der Waals surface area contributed by atoms with Crippen LogP contribution in [0.25, 0.3) is 0 Å². The van der Waals surface area contributed by atoms with Crippen LogP contribution in [0.15, 0.2) is 18.2 Å². The number of hydrogen-bond acceptors (Lipinski definition) is 2. The van der Waals surface area contributed by atoms with Crippen LogP contribution in [0.2, 0.25) is 0 Å². The van der Waals surface area contributed by atoms with Crippen molar-refractivity contribution >= 4 is 11.6 Å². The summed E-state index contributed by atoms with van der Waals surface area (Å²) in [6, 6.07) is 2.31. The van der Waals surface area contributed by atoms with E-state index in [2.05, 4.69) is 0 Å². The van der Waals surface area contributed by atoms with Crippen LogP contribution in [0.4, 0.5) is 36.4 Å². The number of nitrogens with two attached hydrogens (primary N) is 1. The van der Waals surface area contributed by atoms with Crippen molar-refractivity contribution in [1.82, 2.24) is 5.32 Å². The van der Waals surface area contributed by atoms with Crippen molar-refractivity contribution in [1.29, 1.82) is 0 Å². The topological polar surface area (TPSA) is 55.1 Å². The van der Waals surface area contributed by atoms with Crippen molar-refractivity contribution in [3.63, 3.8) is 0 Å². The summed E-state index contributed by atoms with van der Waals surface area (Å²) < 4.78 is 86.6. The fourth-order valence-corrected chi connectivity index (χ4v) is 1.38. The Balaban J connectivity index is 2.95. The first-order valence-electron chi connectivity index (χ1n) is 5.36. The number of anilines is 1. The Hall–Kier alpha value is -2.00. The summed E-state index contributed by atoms with van der Waals surface area (Å²) in [5.74, 6) is -5.90. The molecule has 0 aliphatic heterocycles. The number of amides is 1. The third kappa shape index (κ3) is 3.99. The molecule has 3 N–H and O–H groups in total. The number of carbonyl (C=O) groups excluding carboxylic acids is 1. The van der Waals surface area contributed by atoms with E-state index in [1.807, 2.05) is 0 Å². The summed E-state index contributed by atoms with van der Waals surface area (Å²) in [4.78, 5) is 11.5. The van der Waals surface area contributed by atoms with Gasteiger partial charge in [0, 0.05) is 0 Å². The molecule has 1 rings (SSSR count). The number of rotatable bonds is 4. The maximum atomic E-state index is 12.6. The van der Waals surface area contributed by atoms with Crippen molar-refractivity contribution in [2.45, 2.75) is 18.5 Å². The van der Waals surface area contributed by atoms with Crippen LogP contribution in [-0.4, -0.2) is 24.8 Å². The van der Waals surface area contributed by atoms with Gasteiger partial charge in [0.1, 0.15) is 0 Å². The van der Waals surface area contributed by atoms with E-state index in [0.29, 0.717) is 6.07 Å². The molecule has 0 bridgehead atoms. The fourth-order valence-electron chi connectivity index (χ4n) is 1.38. The van der Waals surface area contributed by atoms with Crippen LogP contribution in [-0.2, 0) is 6.18 Å². The lowest BCUT2D eigenvalue weighted by molar-refractivity contribution is -0.136. The highest BCUT2D eigenvalue weighted by Gasteiger charge is 2.41. The molecule has 0 saturated carbocycles. The summed E-state index contributed by atoms with van der Waals surface area (Å²) in [5.41, 5.74) is 2.13. The average molecular weight is 318 g/mol. The summed E-state index contributed by atoms with van der Waals surface area (Å²) in [5, 5.41) is 1.42. The largest absolute Gasteiger partial charge is 0.418 e. The Labute approximate surface area is 113 Å². The van der Waals surface area contributed by atoms with Crippen molar-refractivity contribution in [2.75, 3.05) is 12.3 Å². The van der Waals surface area contributed by atoms with E-state index in [4.69, 9.17) is 5.73 Å². The van der Waals surface area contributed by atoms with E-state index in [9.17, 15) is 35.5 Å². The minimum Gasteiger partial charge on any atom is -0.398 e. The average Bonchev–Trinajstić information content (AvgIpc) is 2.34. The lowest BCUT2D eigenvalue weighted by Crippen LogP contribution is -2.41. The second-order valence-electron chi connectivity index (χ2n) is 4.01. The first kappa shape index (κ1) is 17.1. The van der Waals surface area contributed by atoms with Gasteiger partial charge >= 0.3 is 18.5 Å². The molecule has 10 heteroatoms. The molecule has 0 radical (unpaired) electrons. The van der Waals surface area contributed by atoms with E-state index >= 15 is 0 Å². The first-order valence-corrected chi connectivity index (χ1v) is 5.36. The van der Waals surface area contributed by atoms with Gasteiger partial charge in [-0.25, -0.2) is 8.78 Å². The normalized spacial score (nSPS) is 12.6. The minimum absolute atomic E-state index is 0.597. The third-order valence-electron chi connectivity index (χ3n) is 2.46. The summed E-state index contributed by atoms with van der Waals surface area (Å²) in [6.45, 7) is -1.72. The molecule has 0 atom stereocenters. The number of nitrogen functional groups attached to an aromatic ring is 1. The molecule has 0 aliphatic carbocycles. The highest BCUT2D eigenvalue weighted by molar-refractivity contribution is 5.99. The summed E-state index contributed by atoms with van der Waals surface area (Å²) in [7, 11) is 0. The van der Waals surface area contributed by atoms with Crippen molar-refractivity contribution < 1.29 is 35.5 Å². The van der Waals surface area contributed by atoms with Gasteiger partial charge in [0.25, 0.3) is 5.91 Å². The Morgan fingerprint density at radius 3 is 2.24 bits per heavy atom. The molecule has 118 valence electrons. The Morgan fingerprint density at radius 2 is 1.76 bits per heavy atom. The molecule has 0 aromatic heterocycles. The van der Waals surface area contributed by atoms with Crippen LogP contribution >= 0.6 is 0 Å². The van der Waals surface area contributed by atoms with Gasteiger partial charge in [-0.05, 0) is 12.1 Å². The molecular formula is C11H9F7N2O. The highest BCUT2D eigenvalue weighted by atomic mass is 19.4. The van der Waals surface area contributed by atoms with Crippen LogP contribution < -0.4 is 11.1 Å². The van der Waals surface area contributed by atoms with Gasteiger partial charge in [-0.2, -0.15) is 22.0 Å². The second kappa shape index (κ2) is 5.78. The standard InChI is InChI=1S/C11H9F7N2O/c12-9(13)10(14,15)4-20-8(21)5-2-1-3-6(7(5)19)11(16,17)18/h1-3,9H,4,19H2,(H,20,21). The fraction of sp³-hybridized carbons (Fsp3) is 0.364. The molecule has 0 heterocycles. The molecule has 1 aromatic carbocycles. The van der Waals surface area contributed by atoms with Crippen molar-refractivity contribution in [2.24, 2.45) is 0 Å². The number of hydrogen-bond donors (Lipinski definition) is 2. The van der Waals surface area contributed by atoms with Crippen LogP contribution in [0, 0.1) is 0 Å². The van der Waals surface area contributed by atoms with Gasteiger partial charge in [0.15, 0.2) is 0 Å². The molecule has 3 nitrogen and oxygen atoms in total. The zero-order valence-electron chi connectivity index (χ0n) is 10.1. The van der Waals surface area contributed by atoms with Crippen molar-refractivity contribution in [3.05, 3.63) is 29.3 Å². The van der Waals surface area contributed by atoms with E-state index in [1.165, 1.54) is 5.32 Å². The molecule has 21 heavy (non-hydrogen) atoms. The lowest BCUT2D eigenvalue weighted by atomic mass is 10.1. The van der Waals surface area contributed by atoms with E-state index < -0.39 is 47.8 Å². The number of nitrogens with one attached hydrogen (secondary N) is 1. The van der Waals surface area contributed by atoms with Gasteiger partial charge in [-0.1, -0.05) is 6.07 Å². The van der Waals surface area contributed by atoms with Crippen LogP contribution in [0.3, 0.4) is 0 Å². The van der Waals surface area contributed by atoms with E-state index in [-0.39, 0.29) is 0 Å². The Morgan fingerprint density at radius 1 is 1.19 bits per heavy atom. The molecule has 1 aromatic rings. The zero-order valence-corrected chi connectivity index (χ0v) is 10.1. The minimum atomic E-state index is -4.84. The smallest absolute Gasteiger partial charge is 0.398 e. The zero-order chi connectivity index (χ0) is 16.4. The molecule has 1 amide bonds. The van der Waals surface area contributed by atoms with Gasteiger partial charge in [0.2, 0.25) is 0 Å². The predicted molar refractivity (Wildman–Crippen MR) is 59.1 cm³/mol. The number of benzene rings is 1. The van der Waals surface area contributed by atoms with Crippen LogP contribution in [0.1, 0.15) is 15.9 Å². The second-order valence-corrected chi connectivity index (χ2v) is 4.01. The number of alkyl halides is 7. The Kier molecular flexibility index (Phi) is 4.69. The summed E-state index contributed by atoms with van der Waals surface area (Å²) in [6.07, 6.45) is -8.86. The van der Waals surface area contributed by atoms with Gasteiger partial charge < -0.3 is 11.1 Å². The molecule has 0 aliphatic rings. The highest BCUT2D eigenvalue weighted by Crippen LogP contribution is 2.35. The maximum Gasteiger partial charge on any atom is 0.418 e. The van der Waals surface area contributed by atoms with E-state index in [1.54, 1.807) is 0 Å². The van der Waals surface area contributed by atoms with Crippen LogP contribution in [0.5, 0.6) is 0 Å². The SMILES string of the molecule is Nc1c(C(=O)NCC(F)(F)C(F)F)cccc1C(F)(F)F. The summed E-state index contributed by atoms with van der Waals surface area (Å²) >= 11 is 0. The van der Waals surface area contributed by atoms with Gasteiger partial charge in [0.05, 0.1) is 23.4 Å². The van der Waals surface area contributed by atoms with Gasteiger partial charge in [-0.3, -0.25) is 4.79 Å². The number of para-hydroxylation sites is 1. The number of halogens is 7. The quantitative estimate of drug-likeness (QED) is 0.662. The monoisotopic (exact) mass is 318 g/mol. The first-order chi connectivity index (χ1) is 9.47. The van der Waals surface area contributed by atoms with Gasteiger partial charge in [-0.15, -0.1) is 0 Å².